The van der Waals surface area contributed by atoms with Gasteiger partial charge in [-0.2, -0.15) is 5.43 Å². The fraction of sp³-hybridized carbons (Fsp3) is 0.364. The van der Waals surface area contributed by atoms with E-state index in [9.17, 15) is 9.59 Å². The number of hydrogen-bond donors (Lipinski definition) is 1. The second kappa shape index (κ2) is 8.37. The maximum absolute atomic E-state index is 13.4. The summed E-state index contributed by atoms with van der Waals surface area (Å²) in [5.74, 6) is 1.69. The number of urea groups is 1. The number of carbonyl (C=O) groups excluding carboxylic acids is 2. The molecule has 3 saturated heterocycles. The molecule has 1 N–H and O–H groups in total. The number of para-hydroxylation sites is 1. The summed E-state index contributed by atoms with van der Waals surface area (Å²) in [4.78, 5) is 30.5. The molecule has 31 heavy (non-hydrogen) atoms. The van der Waals surface area contributed by atoms with E-state index in [1.165, 1.54) is 0 Å². The van der Waals surface area contributed by atoms with E-state index in [0.29, 0.717) is 13.1 Å². The minimum Gasteiger partial charge on any atom is -0.496 e. The molecule has 7 nitrogen and oxygen atoms in total. The van der Waals surface area contributed by atoms with Crippen LogP contribution in [0.2, 0.25) is 0 Å². The second-order valence-corrected chi connectivity index (χ2v) is 10.00. The number of rotatable bonds is 5. The molecule has 3 heterocycles. The number of carbonyl (C=O) groups is 2. The third-order valence-corrected chi connectivity index (χ3v) is 7.83. The number of benzene rings is 2. The summed E-state index contributed by atoms with van der Waals surface area (Å²) >= 11 is 5.14. The van der Waals surface area contributed by atoms with Crippen LogP contribution in [0.1, 0.15) is 17.5 Å². The number of nitrogens with one attached hydrogen (secondary N) is 1. The van der Waals surface area contributed by atoms with Gasteiger partial charge in [0.1, 0.15) is 11.0 Å². The summed E-state index contributed by atoms with van der Waals surface area (Å²) in [7, 11) is 1.63. The van der Waals surface area contributed by atoms with E-state index in [-0.39, 0.29) is 23.2 Å². The number of thioether (sulfide) groups is 1. The summed E-state index contributed by atoms with van der Waals surface area (Å²) in [6.07, 6.45) is 0.329. The Balaban J connectivity index is 1.45. The van der Waals surface area contributed by atoms with Crippen LogP contribution in [0.3, 0.4) is 0 Å². The van der Waals surface area contributed by atoms with E-state index >= 15 is 0 Å². The van der Waals surface area contributed by atoms with Crippen LogP contribution in [-0.2, 0) is 17.9 Å². The van der Waals surface area contributed by atoms with Gasteiger partial charge in [0.25, 0.3) is 0 Å². The molecule has 162 valence electrons. The molecule has 3 fully saturated rings. The van der Waals surface area contributed by atoms with Crippen LogP contribution in [0.5, 0.6) is 5.75 Å². The van der Waals surface area contributed by atoms with Crippen LogP contribution in [0.4, 0.5) is 4.79 Å². The van der Waals surface area contributed by atoms with Gasteiger partial charge in [-0.3, -0.25) is 14.7 Å². The largest absolute Gasteiger partial charge is 0.496 e. The maximum atomic E-state index is 13.4. The lowest BCUT2D eigenvalue weighted by atomic mass is 10.0. The molecule has 5 rings (SSSR count). The molecular formula is C22H23BrN4O3S. The van der Waals surface area contributed by atoms with Crippen molar-refractivity contribution in [2.24, 2.45) is 0 Å². The molecule has 3 atom stereocenters. The predicted octanol–water partition coefficient (Wildman–Crippen LogP) is 3.40. The molecule has 0 spiro atoms. The highest BCUT2D eigenvalue weighted by Crippen LogP contribution is 2.40. The van der Waals surface area contributed by atoms with Crippen molar-refractivity contribution < 1.29 is 14.3 Å². The first-order valence-corrected chi connectivity index (χ1v) is 12.1. The van der Waals surface area contributed by atoms with E-state index in [0.717, 1.165) is 33.5 Å². The van der Waals surface area contributed by atoms with Gasteiger partial charge in [0, 0.05) is 10.0 Å². The fourth-order valence-corrected chi connectivity index (χ4v) is 6.39. The van der Waals surface area contributed by atoms with Crippen molar-refractivity contribution in [3.8, 4) is 5.75 Å². The van der Waals surface area contributed by atoms with Crippen molar-refractivity contribution in [1.29, 1.82) is 0 Å². The van der Waals surface area contributed by atoms with Crippen LogP contribution < -0.4 is 10.2 Å². The molecule has 0 saturated carbocycles. The van der Waals surface area contributed by atoms with Gasteiger partial charge in [0.2, 0.25) is 5.91 Å². The first-order chi connectivity index (χ1) is 15.1. The summed E-state index contributed by atoms with van der Waals surface area (Å²) in [6, 6.07) is 15.4. The SMILES string of the molecule is COc1ccccc1CN1C(=O)C2SCCC2N2C(=O)N(Cc3cccc(Br)c3)NC12. The van der Waals surface area contributed by atoms with Crippen molar-refractivity contribution in [3.05, 3.63) is 64.1 Å². The lowest BCUT2D eigenvalue weighted by Gasteiger charge is -2.44. The van der Waals surface area contributed by atoms with E-state index in [4.69, 9.17) is 4.74 Å². The number of amides is 3. The van der Waals surface area contributed by atoms with Gasteiger partial charge in [-0.1, -0.05) is 46.3 Å². The molecule has 0 aromatic heterocycles. The van der Waals surface area contributed by atoms with Crippen molar-refractivity contribution in [2.45, 2.75) is 37.1 Å². The predicted molar refractivity (Wildman–Crippen MR) is 122 cm³/mol. The smallest absolute Gasteiger partial charge is 0.337 e. The van der Waals surface area contributed by atoms with Crippen molar-refractivity contribution in [3.63, 3.8) is 0 Å². The second-order valence-electron chi connectivity index (χ2n) is 7.83. The summed E-state index contributed by atoms with van der Waals surface area (Å²) < 4.78 is 6.46. The summed E-state index contributed by atoms with van der Waals surface area (Å²) in [6.45, 7) is 0.797. The Morgan fingerprint density at radius 3 is 2.81 bits per heavy atom. The molecule has 3 amide bonds. The lowest BCUT2D eigenvalue weighted by Crippen LogP contribution is -2.65. The standard InChI is InChI=1S/C22H23BrN4O3S/c1-30-18-8-3-2-6-15(18)13-25-20(28)19-17(9-10-31-19)27-21(25)24-26(22(27)29)12-14-5-4-7-16(23)11-14/h2-8,11,17,19,21,24H,9-10,12-13H2,1H3. The summed E-state index contributed by atoms with van der Waals surface area (Å²) in [5, 5.41) is 1.41. The van der Waals surface area contributed by atoms with Crippen LogP contribution >= 0.6 is 27.7 Å². The Bertz CT molecular complexity index is 1020. The third kappa shape index (κ3) is 3.68. The van der Waals surface area contributed by atoms with Crippen LogP contribution in [0.15, 0.2) is 53.0 Å². The molecule has 9 heteroatoms. The normalized spacial score (nSPS) is 25.1. The Kier molecular flexibility index (Phi) is 5.58. The van der Waals surface area contributed by atoms with Gasteiger partial charge >= 0.3 is 6.03 Å². The zero-order chi connectivity index (χ0) is 21.5. The van der Waals surface area contributed by atoms with Crippen molar-refractivity contribution in [2.75, 3.05) is 12.9 Å². The minimum absolute atomic E-state index is 0.0734. The van der Waals surface area contributed by atoms with E-state index in [2.05, 4.69) is 21.4 Å². The van der Waals surface area contributed by atoms with E-state index in [1.54, 1.807) is 28.8 Å². The van der Waals surface area contributed by atoms with Gasteiger partial charge in [-0.15, -0.1) is 11.8 Å². The zero-order valence-electron chi connectivity index (χ0n) is 17.0. The maximum Gasteiger partial charge on any atom is 0.337 e. The highest BCUT2D eigenvalue weighted by atomic mass is 79.9. The molecule has 0 radical (unpaired) electrons. The molecule has 3 aliphatic heterocycles. The molecule has 2 aromatic rings. The van der Waals surface area contributed by atoms with Crippen molar-refractivity contribution in [1.82, 2.24) is 20.2 Å². The quantitative estimate of drug-likeness (QED) is 0.678. The number of methoxy groups -OCH3 is 1. The number of halogens is 1. The fourth-order valence-electron chi connectivity index (χ4n) is 4.54. The Labute approximate surface area is 193 Å². The van der Waals surface area contributed by atoms with Gasteiger partial charge < -0.3 is 9.64 Å². The Morgan fingerprint density at radius 2 is 2.00 bits per heavy atom. The number of fused-ring (bicyclic) bond motifs is 3. The topological polar surface area (TPSA) is 65.1 Å². The molecule has 3 unspecified atom stereocenters. The molecule has 3 aliphatic rings. The van der Waals surface area contributed by atoms with Gasteiger partial charge in [-0.25, -0.2) is 4.79 Å². The number of nitrogens with zero attached hydrogens (tertiary/aromatic N) is 3. The van der Waals surface area contributed by atoms with Crippen LogP contribution in [0.25, 0.3) is 0 Å². The third-order valence-electron chi connectivity index (χ3n) is 5.99. The lowest BCUT2D eigenvalue weighted by molar-refractivity contribution is -0.145. The van der Waals surface area contributed by atoms with Gasteiger partial charge in [0.15, 0.2) is 6.29 Å². The average molecular weight is 503 g/mol. The van der Waals surface area contributed by atoms with Gasteiger partial charge in [0.05, 0.1) is 26.2 Å². The minimum atomic E-state index is -0.503. The molecule has 0 aliphatic carbocycles. The average Bonchev–Trinajstić information content (AvgIpc) is 3.37. The Morgan fingerprint density at radius 1 is 1.16 bits per heavy atom. The summed E-state index contributed by atoms with van der Waals surface area (Å²) in [5.41, 5.74) is 5.24. The molecule has 2 aromatic carbocycles. The van der Waals surface area contributed by atoms with Gasteiger partial charge in [-0.05, 0) is 35.9 Å². The Hall–Kier alpha value is -2.23. The monoisotopic (exact) mass is 502 g/mol. The van der Waals surface area contributed by atoms with E-state index < -0.39 is 6.29 Å². The number of ether oxygens (including phenoxy) is 1. The van der Waals surface area contributed by atoms with Crippen LogP contribution in [0, 0.1) is 0 Å². The number of hydrogen-bond acceptors (Lipinski definition) is 5. The molecular weight excluding hydrogens is 480 g/mol. The highest BCUT2D eigenvalue weighted by molar-refractivity contribution is 9.10. The van der Waals surface area contributed by atoms with Crippen LogP contribution in [-0.4, -0.2) is 57.2 Å². The first-order valence-electron chi connectivity index (χ1n) is 10.2. The number of hydrazine groups is 1. The zero-order valence-corrected chi connectivity index (χ0v) is 19.4. The molecule has 0 bridgehead atoms. The van der Waals surface area contributed by atoms with Crippen molar-refractivity contribution >= 4 is 39.6 Å². The highest BCUT2D eigenvalue weighted by Gasteiger charge is 2.55. The first kappa shape index (κ1) is 20.7. The van der Waals surface area contributed by atoms with E-state index in [1.807, 2.05) is 53.4 Å².